The molecular weight excluding hydrogens is 328 g/mol. The molecule has 0 saturated heterocycles. The second-order valence-electron chi connectivity index (χ2n) is 6.68. The molecule has 0 aromatic heterocycles. The summed E-state index contributed by atoms with van der Waals surface area (Å²) in [5.41, 5.74) is 3.20. The van der Waals surface area contributed by atoms with Gasteiger partial charge in [0.15, 0.2) is 11.5 Å². The van der Waals surface area contributed by atoms with Crippen LogP contribution < -0.4 is 14.8 Å². The Morgan fingerprint density at radius 1 is 1.15 bits per heavy atom. The van der Waals surface area contributed by atoms with Crippen molar-refractivity contribution in [3.8, 4) is 11.5 Å². The number of carbonyl (C=O) groups is 1. The lowest BCUT2D eigenvalue weighted by Gasteiger charge is -2.34. The molecular formula is C21H26N2O3. The highest BCUT2D eigenvalue weighted by atomic mass is 16.5. The number of hydrogen-bond acceptors (Lipinski definition) is 4. The summed E-state index contributed by atoms with van der Waals surface area (Å²) in [5.74, 6) is 1.35. The SMILES string of the molecule is COc1cc2c(cc1OC)[C@@H](C(=O)N[C@@H](C)c1ccccc1)N(C)CC2. The summed E-state index contributed by atoms with van der Waals surface area (Å²) in [5, 5.41) is 3.15. The molecule has 1 N–H and O–H groups in total. The van der Waals surface area contributed by atoms with Crippen LogP contribution in [0.2, 0.25) is 0 Å². The Morgan fingerprint density at radius 3 is 2.46 bits per heavy atom. The van der Waals surface area contributed by atoms with Gasteiger partial charge in [0, 0.05) is 6.54 Å². The molecule has 5 nitrogen and oxygen atoms in total. The summed E-state index contributed by atoms with van der Waals surface area (Å²) < 4.78 is 10.8. The number of hydrogen-bond donors (Lipinski definition) is 1. The number of amides is 1. The summed E-state index contributed by atoms with van der Waals surface area (Å²) in [6, 6.07) is 13.5. The maximum absolute atomic E-state index is 13.1. The number of methoxy groups -OCH3 is 2. The van der Waals surface area contributed by atoms with Crippen molar-refractivity contribution in [3.63, 3.8) is 0 Å². The molecule has 5 heteroatoms. The van der Waals surface area contributed by atoms with E-state index in [1.54, 1.807) is 14.2 Å². The fourth-order valence-corrected chi connectivity index (χ4v) is 3.53. The number of ether oxygens (including phenoxy) is 2. The second kappa shape index (κ2) is 7.79. The van der Waals surface area contributed by atoms with Crippen molar-refractivity contribution in [1.29, 1.82) is 0 Å². The third-order valence-corrected chi connectivity index (χ3v) is 5.02. The van der Waals surface area contributed by atoms with E-state index in [4.69, 9.17) is 9.47 Å². The molecule has 26 heavy (non-hydrogen) atoms. The molecule has 138 valence electrons. The van der Waals surface area contributed by atoms with Gasteiger partial charge in [0.25, 0.3) is 0 Å². The van der Waals surface area contributed by atoms with Gasteiger partial charge in [-0.2, -0.15) is 0 Å². The van der Waals surface area contributed by atoms with E-state index in [9.17, 15) is 4.79 Å². The molecule has 2 atom stereocenters. The molecule has 0 spiro atoms. The van der Waals surface area contributed by atoms with E-state index in [0.29, 0.717) is 11.5 Å². The molecule has 0 unspecified atom stereocenters. The smallest absolute Gasteiger partial charge is 0.242 e. The number of nitrogens with zero attached hydrogens (tertiary/aromatic N) is 1. The number of rotatable bonds is 5. The van der Waals surface area contributed by atoms with Crippen LogP contribution >= 0.6 is 0 Å². The van der Waals surface area contributed by atoms with Crippen LogP contribution in [0, 0.1) is 0 Å². The van der Waals surface area contributed by atoms with Gasteiger partial charge in [-0.15, -0.1) is 0 Å². The minimum absolute atomic E-state index is 0.00276. The normalized spacial score (nSPS) is 17.9. The van der Waals surface area contributed by atoms with Crippen LogP contribution in [0.4, 0.5) is 0 Å². The van der Waals surface area contributed by atoms with E-state index in [-0.39, 0.29) is 18.0 Å². The van der Waals surface area contributed by atoms with Gasteiger partial charge in [0.05, 0.1) is 20.3 Å². The first-order valence-electron chi connectivity index (χ1n) is 8.85. The molecule has 1 amide bonds. The summed E-state index contributed by atoms with van der Waals surface area (Å²) in [7, 11) is 5.23. The topological polar surface area (TPSA) is 50.8 Å². The molecule has 0 saturated carbocycles. The lowest BCUT2D eigenvalue weighted by Crippen LogP contribution is -2.43. The number of benzene rings is 2. The van der Waals surface area contributed by atoms with Crippen LogP contribution in [0.1, 0.15) is 35.7 Å². The van der Waals surface area contributed by atoms with Gasteiger partial charge in [-0.05, 0) is 49.2 Å². The predicted octanol–water partition coefficient (Wildman–Crippen LogP) is 3.11. The number of fused-ring (bicyclic) bond motifs is 1. The highest BCUT2D eigenvalue weighted by Crippen LogP contribution is 2.37. The Balaban J connectivity index is 1.89. The summed E-state index contributed by atoms with van der Waals surface area (Å²) in [6.45, 7) is 2.83. The number of nitrogens with one attached hydrogen (secondary N) is 1. The fourth-order valence-electron chi connectivity index (χ4n) is 3.53. The van der Waals surface area contributed by atoms with Crippen LogP contribution in [0.15, 0.2) is 42.5 Å². The van der Waals surface area contributed by atoms with E-state index < -0.39 is 0 Å². The van der Waals surface area contributed by atoms with Gasteiger partial charge in [-0.1, -0.05) is 30.3 Å². The average Bonchev–Trinajstić information content (AvgIpc) is 2.67. The van der Waals surface area contributed by atoms with Crippen molar-refractivity contribution in [1.82, 2.24) is 10.2 Å². The van der Waals surface area contributed by atoms with Gasteiger partial charge < -0.3 is 14.8 Å². The molecule has 3 rings (SSSR count). The van der Waals surface area contributed by atoms with Crippen LogP contribution in [-0.4, -0.2) is 38.6 Å². The Hall–Kier alpha value is -2.53. The number of carbonyl (C=O) groups excluding carboxylic acids is 1. The minimum Gasteiger partial charge on any atom is -0.493 e. The third kappa shape index (κ3) is 3.53. The zero-order chi connectivity index (χ0) is 18.7. The first kappa shape index (κ1) is 18.3. The van der Waals surface area contributed by atoms with E-state index in [0.717, 1.165) is 29.7 Å². The Kier molecular flexibility index (Phi) is 5.47. The van der Waals surface area contributed by atoms with E-state index >= 15 is 0 Å². The van der Waals surface area contributed by atoms with Crippen molar-refractivity contribution >= 4 is 5.91 Å². The first-order valence-corrected chi connectivity index (χ1v) is 8.85. The Labute approximate surface area is 154 Å². The molecule has 0 bridgehead atoms. The molecule has 0 aliphatic carbocycles. The lowest BCUT2D eigenvalue weighted by atomic mass is 9.91. The zero-order valence-corrected chi connectivity index (χ0v) is 15.8. The molecule has 1 aliphatic heterocycles. The number of likely N-dealkylation sites (N-methyl/N-ethyl adjacent to an activating group) is 1. The first-order chi connectivity index (χ1) is 12.5. The third-order valence-electron chi connectivity index (χ3n) is 5.02. The average molecular weight is 354 g/mol. The van der Waals surface area contributed by atoms with Gasteiger partial charge in [0.1, 0.15) is 6.04 Å². The highest BCUT2D eigenvalue weighted by Gasteiger charge is 2.32. The Morgan fingerprint density at radius 2 is 1.81 bits per heavy atom. The van der Waals surface area contributed by atoms with E-state index in [1.165, 1.54) is 0 Å². The largest absolute Gasteiger partial charge is 0.493 e. The van der Waals surface area contributed by atoms with Gasteiger partial charge in [0.2, 0.25) is 5.91 Å². The van der Waals surface area contributed by atoms with Crippen LogP contribution in [0.5, 0.6) is 11.5 Å². The van der Waals surface area contributed by atoms with Crippen LogP contribution in [0.25, 0.3) is 0 Å². The van der Waals surface area contributed by atoms with Crippen molar-refractivity contribution in [2.45, 2.75) is 25.4 Å². The van der Waals surface area contributed by atoms with Crippen molar-refractivity contribution in [2.24, 2.45) is 0 Å². The van der Waals surface area contributed by atoms with Crippen LogP contribution in [-0.2, 0) is 11.2 Å². The van der Waals surface area contributed by atoms with Crippen molar-refractivity contribution < 1.29 is 14.3 Å². The van der Waals surface area contributed by atoms with Crippen LogP contribution in [0.3, 0.4) is 0 Å². The predicted molar refractivity (Wildman–Crippen MR) is 102 cm³/mol. The maximum atomic E-state index is 13.1. The van der Waals surface area contributed by atoms with Gasteiger partial charge in [-0.25, -0.2) is 0 Å². The summed E-state index contributed by atoms with van der Waals surface area (Å²) in [6.07, 6.45) is 0.879. The van der Waals surface area contributed by atoms with Crippen molar-refractivity contribution in [2.75, 3.05) is 27.8 Å². The molecule has 2 aromatic carbocycles. The highest BCUT2D eigenvalue weighted by molar-refractivity contribution is 5.84. The molecule has 0 fully saturated rings. The standard InChI is InChI=1S/C21H26N2O3/c1-14(15-8-6-5-7-9-15)22-21(24)20-17-13-19(26-4)18(25-3)12-16(17)10-11-23(20)2/h5-9,12-14,20H,10-11H2,1-4H3,(H,22,24)/t14-,20-/m0/s1. The minimum atomic E-state index is -0.343. The maximum Gasteiger partial charge on any atom is 0.242 e. The molecule has 1 heterocycles. The second-order valence-corrected chi connectivity index (χ2v) is 6.68. The fraction of sp³-hybridized carbons (Fsp3) is 0.381. The Bertz CT molecular complexity index is 776. The monoisotopic (exact) mass is 354 g/mol. The van der Waals surface area contributed by atoms with Gasteiger partial charge in [-0.3, -0.25) is 9.69 Å². The van der Waals surface area contributed by atoms with Gasteiger partial charge >= 0.3 is 0 Å². The molecule has 2 aromatic rings. The quantitative estimate of drug-likeness (QED) is 0.896. The van der Waals surface area contributed by atoms with E-state index in [2.05, 4.69) is 10.2 Å². The lowest BCUT2D eigenvalue weighted by molar-refractivity contribution is -0.127. The van der Waals surface area contributed by atoms with Crippen molar-refractivity contribution in [3.05, 3.63) is 59.2 Å². The zero-order valence-electron chi connectivity index (χ0n) is 15.8. The summed E-state index contributed by atoms with van der Waals surface area (Å²) in [4.78, 5) is 15.2. The molecule has 1 aliphatic rings. The molecule has 0 radical (unpaired) electrons. The summed E-state index contributed by atoms with van der Waals surface area (Å²) >= 11 is 0. The van der Waals surface area contributed by atoms with E-state index in [1.807, 2.05) is 56.4 Å².